The van der Waals surface area contributed by atoms with Gasteiger partial charge in [-0.3, -0.25) is 9.59 Å². The van der Waals surface area contributed by atoms with Gasteiger partial charge in [-0.2, -0.15) is 0 Å². The second-order valence-corrected chi connectivity index (χ2v) is 8.00. The van der Waals surface area contributed by atoms with Gasteiger partial charge >= 0.3 is 0 Å². The number of carbonyl (C=O) groups is 2. The summed E-state index contributed by atoms with van der Waals surface area (Å²) in [6.07, 6.45) is 0. The van der Waals surface area contributed by atoms with E-state index in [-0.39, 0.29) is 18.1 Å². The topological polar surface area (TPSA) is 80.3 Å². The standard InChI is InChI=1S/C26H23N3O5/c1-28(2)17-9-11-18(12-10-17)29-25(30)23(19-6-4-5-7-20(19)32-3)24(26(29)31)27-16-8-13-21-22(14-16)34-15-33-21/h4-14,27H,15H2,1-3H3. The quantitative estimate of drug-likeness (QED) is 0.563. The Hall–Kier alpha value is -4.46. The van der Waals surface area contributed by atoms with Crippen LogP contribution in [0.2, 0.25) is 0 Å². The number of para-hydroxylation sites is 1. The number of anilines is 3. The van der Waals surface area contributed by atoms with Crippen LogP contribution < -0.4 is 29.3 Å². The minimum atomic E-state index is -0.457. The second-order valence-electron chi connectivity index (χ2n) is 8.00. The van der Waals surface area contributed by atoms with Crippen molar-refractivity contribution >= 4 is 34.4 Å². The van der Waals surface area contributed by atoms with E-state index in [0.29, 0.717) is 34.2 Å². The summed E-state index contributed by atoms with van der Waals surface area (Å²) in [5, 5.41) is 3.15. The molecule has 0 spiro atoms. The maximum Gasteiger partial charge on any atom is 0.282 e. The Kier molecular flexibility index (Phi) is 5.33. The van der Waals surface area contributed by atoms with Gasteiger partial charge in [0, 0.05) is 37.1 Å². The number of nitrogens with one attached hydrogen (secondary N) is 1. The van der Waals surface area contributed by atoms with Crippen molar-refractivity contribution in [2.75, 3.05) is 43.1 Å². The van der Waals surface area contributed by atoms with Crippen LogP contribution in [-0.4, -0.2) is 39.8 Å². The van der Waals surface area contributed by atoms with Crippen LogP contribution >= 0.6 is 0 Å². The number of hydrogen-bond acceptors (Lipinski definition) is 7. The van der Waals surface area contributed by atoms with Gasteiger partial charge in [-0.25, -0.2) is 4.90 Å². The van der Waals surface area contributed by atoms with Gasteiger partial charge < -0.3 is 24.4 Å². The number of methoxy groups -OCH3 is 1. The van der Waals surface area contributed by atoms with Crippen molar-refractivity contribution in [1.82, 2.24) is 0 Å². The Balaban J connectivity index is 1.59. The molecule has 0 bridgehead atoms. The summed E-state index contributed by atoms with van der Waals surface area (Å²) in [7, 11) is 5.38. The molecule has 3 aromatic rings. The lowest BCUT2D eigenvalue weighted by atomic mass is 10.0. The summed E-state index contributed by atoms with van der Waals surface area (Å²) in [6.45, 7) is 0.141. The van der Waals surface area contributed by atoms with Gasteiger partial charge in [0.15, 0.2) is 11.5 Å². The summed E-state index contributed by atoms with van der Waals surface area (Å²) >= 11 is 0. The van der Waals surface area contributed by atoms with E-state index in [2.05, 4.69) is 5.32 Å². The summed E-state index contributed by atoms with van der Waals surface area (Å²) in [4.78, 5) is 30.4. The first-order chi connectivity index (χ1) is 16.5. The Morgan fingerprint density at radius 2 is 1.65 bits per heavy atom. The van der Waals surface area contributed by atoms with Crippen molar-refractivity contribution in [3.8, 4) is 17.2 Å². The summed E-state index contributed by atoms with van der Waals surface area (Å²) in [6, 6.07) is 19.6. The smallest absolute Gasteiger partial charge is 0.282 e. The lowest BCUT2D eigenvalue weighted by molar-refractivity contribution is -0.120. The third kappa shape index (κ3) is 3.59. The van der Waals surface area contributed by atoms with E-state index >= 15 is 0 Å². The van der Waals surface area contributed by atoms with E-state index in [4.69, 9.17) is 14.2 Å². The fourth-order valence-corrected chi connectivity index (χ4v) is 4.00. The lowest BCUT2D eigenvalue weighted by Crippen LogP contribution is -2.32. The van der Waals surface area contributed by atoms with E-state index in [0.717, 1.165) is 5.69 Å². The van der Waals surface area contributed by atoms with Crippen molar-refractivity contribution in [2.24, 2.45) is 0 Å². The van der Waals surface area contributed by atoms with Crippen molar-refractivity contribution in [3.63, 3.8) is 0 Å². The molecule has 5 rings (SSSR count). The maximum absolute atomic E-state index is 13.7. The zero-order valence-electron chi connectivity index (χ0n) is 19.0. The molecule has 0 unspecified atom stereocenters. The molecule has 3 aromatic carbocycles. The van der Waals surface area contributed by atoms with Crippen LogP contribution in [0.4, 0.5) is 17.1 Å². The Labute approximate surface area is 196 Å². The summed E-state index contributed by atoms with van der Waals surface area (Å²) in [5.74, 6) is 0.795. The first-order valence-electron chi connectivity index (χ1n) is 10.7. The minimum absolute atomic E-state index is 0.141. The molecule has 0 aromatic heterocycles. The largest absolute Gasteiger partial charge is 0.496 e. The van der Waals surface area contributed by atoms with E-state index in [1.165, 1.54) is 12.0 Å². The third-order valence-electron chi connectivity index (χ3n) is 5.73. The van der Waals surface area contributed by atoms with Crippen LogP contribution in [0.1, 0.15) is 5.56 Å². The molecule has 0 fully saturated rings. The Morgan fingerprint density at radius 3 is 2.38 bits per heavy atom. The lowest BCUT2D eigenvalue weighted by Gasteiger charge is -2.18. The van der Waals surface area contributed by atoms with E-state index in [1.54, 1.807) is 48.5 Å². The van der Waals surface area contributed by atoms with Crippen LogP contribution in [0.3, 0.4) is 0 Å². The van der Waals surface area contributed by atoms with Crippen LogP contribution in [0.15, 0.2) is 72.4 Å². The predicted molar refractivity (Wildman–Crippen MR) is 129 cm³/mol. The molecule has 8 heteroatoms. The fraction of sp³-hybridized carbons (Fsp3) is 0.154. The number of fused-ring (bicyclic) bond motifs is 1. The number of carbonyl (C=O) groups excluding carboxylic acids is 2. The molecular formula is C26H23N3O5. The van der Waals surface area contributed by atoms with Crippen LogP contribution in [-0.2, 0) is 9.59 Å². The van der Waals surface area contributed by atoms with Crippen molar-refractivity contribution in [3.05, 3.63) is 78.0 Å². The average molecular weight is 457 g/mol. The van der Waals surface area contributed by atoms with E-state index in [1.807, 2.05) is 37.2 Å². The van der Waals surface area contributed by atoms with Gasteiger partial charge in [0.05, 0.1) is 18.4 Å². The van der Waals surface area contributed by atoms with Crippen LogP contribution in [0.5, 0.6) is 17.2 Å². The zero-order valence-corrected chi connectivity index (χ0v) is 19.0. The molecule has 2 amide bonds. The number of benzene rings is 3. The van der Waals surface area contributed by atoms with Crippen molar-refractivity contribution in [1.29, 1.82) is 0 Å². The maximum atomic E-state index is 13.7. The molecule has 172 valence electrons. The molecule has 0 saturated heterocycles. The normalized spacial score (nSPS) is 14.6. The molecule has 0 atom stereocenters. The number of ether oxygens (including phenoxy) is 3. The highest BCUT2D eigenvalue weighted by Gasteiger charge is 2.41. The molecule has 8 nitrogen and oxygen atoms in total. The van der Waals surface area contributed by atoms with Gasteiger partial charge in [-0.15, -0.1) is 0 Å². The number of nitrogens with zero attached hydrogens (tertiary/aromatic N) is 2. The highest BCUT2D eigenvalue weighted by Crippen LogP contribution is 2.39. The van der Waals surface area contributed by atoms with Crippen molar-refractivity contribution < 1.29 is 23.8 Å². The van der Waals surface area contributed by atoms with E-state index < -0.39 is 11.8 Å². The number of imide groups is 1. The number of amides is 2. The monoisotopic (exact) mass is 457 g/mol. The molecule has 34 heavy (non-hydrogen) atoms. The molecule has 0 radical (unpaired) electrons. The molecule has 0 saturated carbocycles. The van der Waals surface area contributed by atoms with Gasteiger partial charge in [0.1, 0.15) is 11.4 Å². The van der Waals surface area contributed by atoms with Gasteiger partial charge in [0.25, 0.3) is 11.8 Å². The van der Waals surface area contributed by atoms with Gasteiger partial charge in [0.2, 0.25) is 6.79 Å². The Bertz CT molecular complexity index is 1310. The highest BCUT2D eigenvalue weighted by atomic mass is 16.7. The molecule has 2 heterocycles. The van der Waals surface area contributed by atoms with Crippen LogP contribution in [0.25, 0.3) is 5.57 Å². The van der Waals surface area contributed by atoms with Crippen LogP contribution in [0, 0.1) is 0 Å². The highest BCUT2D eigenvalue weighted by molar-refractivity contribution is 6.46. The zero-order chi connectivity index (χ0) is 23.8. The number of hydrogen-bond donors (Lipinski definition) is 1. The minimum Gasteiger partial charge on any atom is -0.496 e. The molecular weight excluding hydrogens is 434 g/mol. The third-order valence-corrected chi connectivity index (χ3v) is 5.73. The second kappa shape index (κ2) is 8.47. The van der Waals surface area contributed by atoms with Crippen molar-refractivity contribution in [2.45, 2.75) is 0 Å². The molecule has 2 aliphatic rings. The Morgan fingerprint density at radius 1 is 0.912 bits per heavy atom. The average Bonchev–Trinajstić information content (AvgIpc) is 3.41. The molecule has 2 aliphatic heterocycles. The first kappa shape index (κ1) is 21.4. The fourth-order valence-electron chi connectivity index (χ4n) is 4.00. The first-order valence-corrected chi connectivity index (χ1v) is 10.7. The summed E-state index contributed by atoms with van der Waals surface area (Å²) in [5.41, 5.74) is 2.95. The van der Waals surface area contributed by atoms with Gasteiger partial charge in [-0.1, -0.05) is 18.2 Å². The predicted octanol–water partition coefficient (Wildman–Crippen LogP) is 3.89. The number of rotatable bonds is 6. The van der Waals surface area contributed by atoms with E-state index in [9.17, 15) is 9.59 Å². The molecule has 0 aliphatic carbocycles. The van der Waals surface area contributed by atoms with Gasteiger partial charge in [-0.05, 0) is 42.5 Å². The SMILES string of the molecule is COc1ccccc1C1=C(Nc2ccc3c(c2)OCO3)C(=O)N(c2ccc(N(C)C)cc2)C1=O. The molecule has 1 N–H and O–H groups in total. The summed E-state index contributed by atoms with van der Waals surface area (Å²) < 4.78 is 16.3.